The van der Waals surface area contributed by atoms with E-state index in [-0.39, 0.29) is 6.67 Å². The lowest BCUT2D eigenvalue weighted by atomic mass is 10.3. The van der Waals surface area contributed by atoms with Gasteiger partial charge in [0, 0.05) is 26.0 Å². The molecule has 5 N–H and O–H groups in total. The van der Waals surface area contributed by atoms with Crippen LogP contribution in [0.3, 0.4) is 0 Å². The molecule has 0 fully saturated rings. The Morgan fingerprint density at radius 2 is 2.54 bits per heavy atom. The van der Waals surface area contributed by atoms with Crippen molar-refractivity contribution in [1.29, 1.82) is 5.41 Å². The zero-order valence-corrected chi connectivity index (χ0v) is 7.67. The molecular weight excluding hydrogens is 166 g/mol. The Hall–Kier alpha value is -1.49. The average Bonchev–Trinajstić information content (AvgIpc) is 2.57. The zero-order valence-electron chi connectivity index (χ0n) is 7.67. The van der Waals surface area contributed by atoms with Crippen molar-refractivity contribution in [2.24, 2.45) is 5.73 Å². The van der Waals surface area contributed by atoms with E-state index in [1.165, 1.54) is 0 Å². The van der Waals surface area contributed by atoms with Gasteiger partial charge in [0.1, 0.15) is 0 Å². The molecule has 5 nitrogen and oxygen atoms in total. The van der Waals surface area contributed by atoms with Crippen LogP contribution in [0.1, 0.15) is 5.56 Å². The van der Waals surface area contributed by atoms with Gasteiger partial charge in [-0.15, -0.1) is 0 Å². The van der Waals surface area contributed by atoms with Gasteiger partial charge in [0.15, 0.2) is 5.96 Å². The minimum absolute atomic E-state index is 0.288. The van der Waals surface area contributed by atoms with Crippen LogP contribution in [0.2, 0.25) is 0 Å². The summed E-state index contributed by atoms with van der Waals surface area (Å²) < 4.78 is 0. The number of nitrogens with zero attached hydrogens (tertiary/aromatic N) is 1. The summed E-state index contributed by atoms with van der Waals surface area (Å²) in [7, 11) is 1.85. The van der Waals surface area contributed by atoms with Gasteiger partial charge in [0.2, 0.25) is 0 Å². The third-order valence-corrected chi connectivity index (χ3v) is 1.73. The van der Waals surface area contributed by atoms with Crippen molar-refractivity contribution in [3.8, 4) is 0 Å². The predicted octanol–water partition coefficient (Wildman–Crippen LogP) is -0.113. The molecule has 1 rings (SSSR count). The first-order valence-electron chi connectivity index (χ1n) is 4.09. The van der Waals surface area contributed by atoms with E-state index in [2.05, 4.69) is 10.3 Å². The van der Waals surface area contributed by atoms with Crippen LogP contribution < -0.4 is 11.1 Å². The number of aromatic nitrogens is 1. The fourth-order valence-electron chi connectivity index (χ4n) is 1.04. The van der Waals surface area contributed by atoms with E-state index in [1.807, 2.05) is 25.5 Å². The molecule has 0 bridgehead atoms. The van der Waals surface area contributed by atoms with E-state index in [0.717, 1.165) is 5.56 Å². The maximum atomic E-state index is 7.52. The van der Waals surface area contributed by atoms with Crippen molar-refractivity contribution in [3.63, 3.8) is 0 Å². The van der Waals surface area contributed by atoms with Crippen LogP contribution in [-0.2, 0) is 6.54 Å². The van der Waals surface area contributed by atoms with Gasteiger partial charge in [-0.25, -0.2) is 0 Å². The molecule has 0 saturated heterocycles. The molecule has 0 unspecified atom stereocenters. The summed E-state index contributed by atoms with van der Waals surface area (Å²) >= 11 is 0. The quantitative estimate of drug-likeness (QED) is 0.298. The Balaban J connectivity index is 2.41. The van der Waals surface area contributed by atoms with Crippen molar-refractivity contribution in [2.75, 3.05) is 13.7 Å². The average molecular weight is 181 g/mol. The van der Waals surface area contributed by atoms with Crippen LogP contribution >= 0.6 is 0 Å². The molecule has 0 saturated carbocycles. The third-order valence-electron chi connectivity index (χ3n) is 1.73. The van der Waals surface area contributed by atoms with Crippen molar-refractivity contribution >= 4 is 5.96 Å². The van der Waals surface area contributed by atoms with Crippen LogP contribution in [0.25, 0.3) is 0 Å². The second-order valence-corrected chi connectivity index (χ2v) is 2.80. The lowest BCUT2D eigenvalue weighted by molar-refractivity contribution is 0.475. The second kappa shape index (κ2) is 4.51. The number of nitrogens with one attached hydrogen (secondary N) is 3. The first-order valence-corrected chi connectivity index (χ1v) is 4.09. The number of guanidine groups is 1. The summed E-state index contributed by atoms with van der Waals surface area (Å²) in [4.78, 5) is 4.75. The van der Waals surface area contributed by atoms with Gasteiger partial charge < -0.3 is 20.9 Å². The maximum absolute atomic E-state index is 7.52. The normalized spacial score (nSPS) is 9.69. The number of rotatable bonds is 3. The predicted molar refractivity (Wildman–Crippen MR) is 52.2 cm³/mol. The topological polar surface area (TPSA) is 80.9 Å². The summed E-state index contributed by atoms with van der Waals surface area (Å²) in [6.07, 6.45) is 3.77. The molecule has 72 valence electrons. The highest BCUT2D eigenvalue weighted by Crippen LogP contribution is 2.00. The lowest BCUT2D eigenvalue weighted by Gasteiger charge is -2.19. The Bertz CT molecular complexity index is 254. The third kappa shape index (κ3) is 2.79. The van der Waals surface area contributed by atoms with Gasteiger partial charge in [0.05, 0.1) is 6.67 Å². The van der Waals surface area contributed by atoms with Gasteiger partial charge >= 0.3 is 0 Å². The fourth-order valence-corrected chi connectivity index (χ4v) is 1.04. The number of aromatic amines is 1. The van der Waals surface area contributed by atoms with Gasteiger partial charge in [-0.3, -0.25) is 5.41 Å². The summed E-state index contributed by atoms with van der Waals surface area (Å²) in [5.41, 5.74) is 6.40. The molecular formula is C8H15N5. The van der Waals surface area contributed by atoms with Gasteiger partial charge in [-0.05, 0) is 11.6 Å². The molecule has 0 radical (unpaired) electrons. The SMILES string of the molecule is CN(Cc1cc[nH]c1)C(=N)NCN. The molecule has 0 aliphatic heterocycles. The first-order chi connectivity index (χ1) is 6.24. The smallest absolute Gasteiger partial charge is 0.192 e. The van der Waals surface area contributed by atoms with E-state index in [1.54, 1.807) is 4.90 Å². The summed E-state index contributed by atoms with van der Waals surface area (Å²) in [6.45, 7) is 0.992. The summed E-state index contributed by atoms with van der Waals surface area (Å²) in [5.74, 6) is 0.337. The number of nitrogens with two attached hydrogens (primary N) is 1. The molecule has 13 heavy (non-hydrogen) atoms. The largest absolute Gasteiger partial charge is 0.367 e. The van der Waals surface area contributed by atoms with E-state index < -0.39 is 0 Å². The van der Waals surface area contributed by atoms with Crippen LogP contribution in [0.5, 0.6) is 0 Å². The summed E-state index contributed by atoms with van der Waals surface area (Å²) in [5, 5.41) is 10.3. The minimum Gasteiger partial charge on any atom is -0.367 e. The minimum atomic E-state index is 0.288. The second-order valence-electron chi connectivity index (χ2n) is 2.80. The molecule has 0 aliphatic carbocycles. The molecule has 0 amide bonds. The highest BCUT2D eigenvalue weighted by atomic mass is 15.3. The molecule has 0 atom stereocenters. The van der Waals surface area contributed by atoms with Crippen molar-refractivity contribution in [3.05, 3.63) is 24.0 Å². The van der Waals surface area contributed by atoms with Crippen molar-refractivity contribution in [1.82, 2.24) is 15.2 Å². The lowest BCUT2D eigenvalue weighted by Crippen LogP contribution is -2.40. The van der Waals surface area contributed by atoms with Gasteiger partial charge in [0.25, 0.3) is 0 Å². The van der Waals surface area contributed by atoms with E-state index in [0.29, 0.717) is 12.5 Å². The first kappa shape index (κ1) is 9.60. The van der Waals surface area contributed by atoms with Crippen LogP contribution in [0.4, 0.5) is 0 Å². The Kier molecular flexibility index (Phi) is 3.33. The van der Waals surface area contributed by atoms with Gasteiger partial charge in [-0.1, -0.05) is 0 Å². The van der Waals surface area contributed by atoms with Crippen molar-refractivity contribution in [2.45, 2.75) is 6.54 Å². The Labute approximate surface area is 77.4 Å². The number of hydrogen-bond acceptors (Lipinski definition) is 2. The van der Waals surface area contributed by atoms with E-state index >= 15 is 0 Å². The van der Waals surface area contributed by atoms with Crippen LogP contribution in [-0.4, -0.2) is 29.6 Å². The zero-order chi connectivity index (χ0) is 9.68. The van der Waals surface area contributed by atoms with Crippen LogP contribution in [0.15, 0.2) is 18.5 Å². The van der Waals surface area contributed by atoms with Gasteiger partial charge in [-0.2, -0.15) is 0 Å². The standard InChI is InChI=1S/C8H15N5/c1-13(8(10)12-6-9)5-7-2-3-11-4-7/h2-4,11H,5-6,9H2,1H3,(H2,10,12). The van der Waals surface area contributed by atoms with E-state index in [4.69, 9.17) is 11.1 Å². The highest BCUT2D eigenvalue weighted by molar-refractivity contribution is 5.76. The Morgan fingerprint density at radius 3 is 3.08 bits per heavy atom. The number of hydrogen-bond donors (Lipinski definition) is 4. The highest BCUT2D eigenvalue weighted by Gasteiger charge is 2.03. The molecule has 0 aliphatic rings. The van der Waals surface area contributed by atoms with E-state index in [9.17, 15) is 0 Å². The number of H-pyrrole nitrogens is 1. The van der Waals surface area contributed by atoms with Crippen LogP contribution in [0, 0.1) is 5.41 Å². The van der Waals surface area contributed by atoms with Crippen molar-refractivity contribution < 1.29 is 0 Å². The molecule has 1 aromatic rings. The maximum Gasteiger partial charge on any atom is 0.192 e. The summed E-state index contributed by atoms with van der Waals surface area (Å²) in [6, 6.07) is 1.98. The molecule has 1 aromatic heterocycles. The monoisotopic (exact) mass is 181 g/mol. The molecule has 5 heteroatoms. The fraction of sp³-hybridized carbons (Fsp3) is 0.375. The molecule has 1 heterocycles. The molecule has 0 aromatic carbocycles. The molecule has 0 spiro atoms. The Morgan fingerprint density at radius 1 is 1.77 bits per heavy atom.